The molecule has 0 amide bonds. The van der Waals surface area contributed by atoms with Crippen molar-refractivity contribution < 1.29 is 5.21 Å². The molecule has 0 aliphatic carbocycles. The van der Waals surface area contributed by atoms with Crippen molar-refractivity contribution in [2.75, 3.05) is 5.32 Å². The molecule has 0 aliphatic rings. The Morgan fingerprint density at radius 2 is 2.10 bits per heavy atom. The molecule has 0 unspecified atom stereocenters. The number of hydrogen-bond acceptors (Lipinski definition) is 3. The number of nitrogens with one attached hydrogen (secondary N) is 1. The highest BCUT2D eigenvalue weighted by molar-refractivity contribution is 14.1. The number of oxime groups is 1. The highest BCUT2D eigenvalue weighted by Crippen LogP contribution is 2.20. The number of benzene rings is 2. The van der Waals surface area contributed by atoms with Crippen LogP contribution >= 0.6 is 34.2 Å². The van der Waals surface area contributed by atoms with Gasteiger partial charge in [-0.1, -0.05) is 35.0 Å². The zero-order valence-electron chi connectivity index (χ0n) is 10.5. The van der Waals surface area contributed by atoms with Crippen LogP contribution in [0.2, 0.25) is 5.02 Å². The first-order chi connectivity index (χ1) is 9.60. The van der Waals surface area contributed by atoms with Gasteiger partial charge < -0.3 is 16.3 Å². The molecule has 2 aromatic carbocycles. The zero-order chi connectivity index (χ0) is 14.5. The lowest BCUT2D eigenvalue weighted by Crippen LogP contribution is -2.13. The molecule has 2 rings (SSSR count). The molecule has 6 heteroatoms. The third kappa shape index (κ3) is 3.77. The third-order valence-corrected chi connectivity index (χ3v) is 3.79. The molecule has 0 spiro atoms. The van der Waals surface area contributed by atoms with Gasteiger partial charge in [-0.2, -0.15) is 0 Å². The van der Waals surface area contributed by atoms with E-state index in [0.717, 1.165) is 11.3 Å². The number of halogens is 2. The van der Waals surface area contributed by atoms with E-state index in [4.69, 9.17) is 22.5 Å². The molecule has 104 valence electrons. The van der Waals surface area contributed by atoms with Gasteiger partial charge >= 0.3 is 0 Å². The van der Waals surface area contributed by atoms with Gasteiger partial charge in [0.15, 0.2) is 5.84 Å². The molecule has 4 nitrogen and oxygen atoms in total. The quantitative estimate of drug-likeness (QED) is 0.241. The number of anilines is 1. The maximum Gasteiger partial charge on any atom is 0.170 e. The summed E-state index contributed by atoms with van der Waals surface area (Å²) in [7, 11) is 0. The lowest BCUT2D eigenvalue weighted by Gasteiger charge is -2.09. The predicted molar refractivity (Wildman–Crippen MR) is 90.4 cm³/mol. The smallest absolute Gasteiger partial charge is 0.170 e. The number of hydrogen-bond donors (Lipinski definition) is 3. The minimum atomic E-state index is 0.0454. The molecule has 0 saturated heterocycles. The maximum atomic E-state index is 8.63. The van der Waals surface area contributed by atoms with Crippen LogP contribution in [-0.2, 0) is 6.54 Å². The van der Waals surface area contributed by atoms with E-state index in [1.54, 1.807) is 12.1 Å². The first kappa shape index (κ1) is 14.9. The second-order valence-electron chi connectivity index (χ2n) is 4.16. The Bertz CT molecular complexity index is 646. The Kier molecular flexibility index (Phi) is 5.08. The highest BCUT2D eigenvalue weighted by Gasteiger charge is 2.05. The van der Waals surface area contributed by atoms with Crippen molar-refractivity contribution in [1.82, 2.24) is 0 Å². The molecule has 4 N–H and O–H groups in total. The second kappa shape index (κ2) is 6.81. The topological polar surface area (TPSA) is 70.6 Å². The van der Waals surface area contributed by atoms with Crippen LogP contribution in [0.25, 0.3) is 0 Å². The van der Waals surface area contributed by atoms with Crippen LogP contribution in [0.3, 0.4) is 0 Å². The van der Waals surface area contributed by atoms with E-state index in [0.29, 0.717) is 17.1 Å². The lowest BCUT2D eigenvalue weighted by molar-refractivity contribution is 0.318. The number of nitrogens with two attached hydrogens (primary N) is 1. The molecule has 0 heterocycles. The fourth-order valence-corrected chi connectivity index (χ4v) is 2.49. The highest BCUT2D eigenvalue weighted by atomic mass is 127. The molecule has 0 saturated carbocycles. The summed E-state index contributed by atoms with van der Waals surface area (Å²) in [6.45, 7) is 0.607. The van der Waals surface area contributed by atoms with Gasteiger partial charge in [-0.15, -0.1) is 0 Å². The van der Waals surface area contributed by atoms with E-state index < -0.39 is 0 Å². The van der Waals surface area contributed by atoms with Crippen LogP contribution < -0.4 is 11.1 Å². The molecule has 2 aromatic rings. The summed E-state index contributed by atoms with van der Waals surface area (Å²) >= 11 is 8.46. The maximum absolute atomic E-state index is 8.63. The summed E-state index contributed by atoms with van der Waals surface area (Å²) in [6.07, 6.45) is 0. The summed E-state index contributed by atoms with van der Waals surface area (Å²) < 4.78 is 1.17. The van der Waals surface area contributed by atoms with Gasteiger partial charge in [0, 0.05) is 26.4 Å². The zero-order valence-corrected chi connectivity index (χ0v) is 13.4. The predicted octanol–water partition coefficient (Wildman–Crippen LogP) is 3.65. The molecule has 0 bridgehead atoms. The minimum Gasteiger partial charge on any atom is -0.409 e. The fraction of sp³-hybridized carbons (Fsp3) is 0.0714. The molecule has 0 aliphatic heterocycles. The van der Waals surface area contributed by atoms with E-state index >= 15 is 0 Å². The fourth-order valence-electron chi connectivity index (χ4n) is 1.70. The van der Waals surface area contributed by atoms with Gasteiger partial charge in [-0.25, -0.2) is 0 Å². The van der Waals surface area contributed by atoms with Crippen LogP contribution in [0, 0.1) is 3.57 Å². The van der Waals surface area contributed by atoms with E-state index in [1.165, 1.54) is 3.57 Å². The summed E-state index contributed by atoms with van der Waals surface area (Å²) in [5, 5.41) is 15.5. The lowest BCUT2D eigenvalue weighted by atomic mass is 10.1. The van der Waals surface area contributed by atoms with Crippen molar-refractivity contribution in [2.45, 2.75) is 6.54 Å². The van der Waals surface area contributed by atoms with Crippen LogP contribution in [-0.4, -0.2) is 11.0 Å². The Labute approximate surface area is 135 Å². The van der Waals surface area contributed by atoms with Crippen molar-refractivity contribution in [3.05, 3.63) is 62.2 Å². The van der Waals surface area contributed by atoms with Crippen LogP contribution in [0.5, 0.6) is 0 Å². The largest absolute Gasteiger partial charge is 0.409 e. The molecular formula is C14H13ClIN3O. The molecular weight excluding hydrogens is 389 g/mol. The third-order valence-electron chi connectivity index (χ3n) is 2.76. The van der Waals surface area contributed by atoms with Gasteiger partial charge in [-0.3, -0.25) is 0 Å². The van der Waals surface area contributed by atoms with Gasteiger partial charge in [-0.05, 0) is 52.4 Å². The van der Waals surface area contributed by atoms with Crippen molar-refractivity contribution in [3.8, 4) is 0 Å². The summed E-state index contributed by atoms with van der Waals surface area (Å²) in [5.41, 5.74) is 8.09. The van der Waals surface area contributed by atoms with Crippen molar-refractivity contribution in [2.24, 2.45) is 10.9 Å². The van der Waals surface area contributed by atoms with Crippen LogP contribution in [0.4, 0.5) is 5.69 Å². The van der Waals surface area contributed by atoms with Gasteiger partial charge in [0.05, 0.1) is 0 Å². The molecule has 0 radical (unpaired) electrons. The Balaban J connectivity index is 2.11. The van der Waals surface area contributed by atoms with Gasteiger partial charge in [0.25, 0.3) is 0 Å². The average molecular weight is 402 g/mol. The summed E-state index contributed by atoms with van der Waals surface area (Å²) in [6, 6.07) is 13.4. The summed E-state index contributed by atoms with van der Waals surface area (Å²) in [4.78, 5) is 0. The van der Waals surface area contributed by atoms with E-state index in [1.807, 2.05) is 24.3 Å². The number of rotatable bonds is 4. The first-order valence-corrected chi connectivity index (χ1v) is 7.31. The first-order valence-electron chi connectivity index (χ1n) is 5.86. The summed E-state index contributed by atoms with van der Waals surface area (Å²) in [5.74, 6) is 0.0454. The molecule has 0 aromatic heterocycles. The van der Waals surface area contributed by atoms with Crippen molar-refractivity contribution >= 4 is 45.7 Å². The van der Waals surface area contributed by atoms with Gasteiger partial charge in [0.2, 0.25) is 0 Å². The van der Waals surface area contributed by atoms with Crippen LogP contribution in [0.15, 0.2) is 47.6 Å². The molecule has 20 heavy (non-hydrogen) atoms. The molecule has 0 atom stereocenters. The Morgan fingerprint density at radius 1 is 1.30 bits per heavy atom. The van der Waals surface area contributed by atoms with E-state index in [-0.39, 0.29) is 5.84 Å². The molecule has 0 fully saturated rings. The van der Waals surface area contributed by atoms with E-state index in [9.17, 15) is 0 Å². The Morgan fingerprint density at radius 3 is 2.75 bits per heavy atom. The van der Waals surface area contributed by atoms with Gasteiger partial charge in [0.1, 0.15) is 0 Å². The van der Waals surface area contributed by atoms with Crippen molar-refractivity contribution in [1.29, 1.82) is 0 Å². The average Bonchev–Trinajstić information content (AvgIpc) is 2.45. The SMILES string of the molecule is N/C(=N/O)c1ccc(CNc2cccc(I)c2)c(Cl)c1. The number of amidine groups is 1. The van der Waals surface area contributed by atoms with Crippen LogP contribution in [0.1, 0.15) is 11.1 Å². The Hall–Kier alpha value is -1.47. The standard InChI is InChI=1S/C14H13ClIN3O/c15-13-6-9(14(17)19-20)4-5-10(13)8-18-12-3-1-2-11(16)7-12/h1-7,18,20H,8H2,(H2,17,19). The minimum absolute atomic E-state index is 0.0454. The van der Waals surface area contributed by atoms with Crippen molar-refractivity contribution in [3.63, 3.8) is 0 Å². The normalized spacial score (nSPS) is 11.4. The number of nitrogens with zero attached hydrogens (tertiary/aromatic N) is 1. The second-order valence-corrected chi connectivity index (χ2v) is 5.81. The van der Waals surface area contributed by atoms with E-state index in [2.05, 4.69) is 39.1 Å². The monoisotopic (exact) mass is 401 g/mol.